The summed E-state index contributed by atoms with van der Waals surface area (Å²) in [7, 11) is 0. The number of nitrogens with one attached hydrogen (secondary N) is 2. The Morgan fingerprint density at radius 2 is 1.81 bits per heavy atom. The number of aromatic nitrogens is 1. The standard InChI is InChI=1S/C26H20N4O2/c31-25(20-15-27-21-12-5-4-10-18(20)21)29-24-26(32)30-14-13-17-9-6-11-19(23(17)30)22(28-24)16-7-2-1-3-8-16/h1-12,15,24,27H,13-14H2,(H,29,31)/t24-/m0/s1. The van der Waals surface area contributed by atoms with E-state index >= 15 is 0 Å². The molecule has 0 bridgehead atoms. The van der Waals surface area contributed by atoms with Crippen LogP contribution in [0.4, 0.5) is 5.69 Å². The average Bonchev–Trinajstić information content (AvgIpc) is 3.43. The van der Waals surface area contributed by atoms with Crippen molar-refractivity contribution in [3.63, 3.8) is 0 Å². The molecule has 2 amide bonds. The van der Waals surface area contributed by atoms with Crippen molar-refractivity contribution in [2.24, 2.45) is 4.99 Å². The first-order valence-electron chi connectivity index (χ1n) is 10.6. The predicted octanol–water partition coefficient (Wildman–Crippen LogP) is 3.66. The minimum absolute atomic E-state index is 0.213. The zero-order valence-electron chi connectivity index (χ0n) is 17.2. The van der Waals surface area contributed by atoms with Gasteiger partial charge in [0.15, 0.2) is 0 Å². The lowest BCUT2D eigenvalue weighted by Gasteiger charge is -2.20. The van der Waals surface area contributed by atoms with Gasteiger partial charge in [-0.15, -0.1) is 0 Å². The largest absolute Gasteiger partial charge is 0.360 e. The Labute approximate surface area is 184 Å². The number of hydrogen-bond acceptors (Lipinski definition) is 3. The highest BCUT2D eigenvalue weighted by molar-refractivity contribution is 6.21. The highest BCUT2D eigenvalue weighted by Gasteiger charge is 2.37. The molecular formula is C26H20N4O2. The van der Waals surface area contributed by atoms with Crippen LogP contribution in [0, 0.1) is 0 Å². The molecule has 6 heteroatoms. The molecule has 0 saturated heterocycles. The second-order valence-corrected chi connectivity index (χ2v) is 8.02. The molecule has 1 aromatic heterocycles. The molecule has 4 aromatic rings. The van der Waals surface area contributed by atoms with E-state index in [9.17, 15) is 9.59 Å². The number of anilines is 1. The van der Waals surface area contributed by atoms with E-state index in [0.29, 0.717) is 17.8 Å². The Bertz CT molecular complexity index is 1400. The summed E-state index contributed by atoms with van der Waals surface area (Å²) >= 11 is 0. The van der Waals surface area contributed by atoms with Crippen molar-refractivity contribution in [3.8, 4) is 0 Å². The van der Waals surface area contributed by atoms with E-state index < -0.39 is 6.17 Å². The van der Waals surface area contributed by atoms with Crippen molar-refractivity contribution >= 4 is 34.1 Å². The number of aliphatic imine (C=N–C) groups is 1. The van der Waals surface area contributed by atoms with Crippen LogP contribution in [0.3, 0.4) is 0 Å². The van der Waals surface area contributed by atoms with Gasteiger partial charge in [-0.05, 0) is 18.1 Å². The van der Waals surface area contributed by atoms with Gasteiger partial charge in [-0.2, -0.15) is 0 Å². The van der Waals surface area contributed by atoms with E-state index in [1.54, 1.807) is 11.1 Å². The third kappa shape index (κ3) is 2.84. The zero-order valence-corrected chi connectivity index (χ0v) is 17.2. The lowest BCUT2D eigenvalue weighted by atomic mass is 9.98. The van der Waals surface area contributed by atoms with Crippen LogP contribution in [0.5, 0.6) is 0 Å². The van der Waals surface area contributed by atoms with Crippen molar-refractivity contribution in [1.82, 2.24) is 10.3 Å². The second kappa shape index (κ2) is 7.20. The SMILES string of the molecule is O=C(N[C@@H]1N=C(c2ccccc2)c2cccc3c2N(CC3)C1=O)c1c[nH]c2ccccc12. The molecule has 0 saturated carbocycles. The fourth-order valence-corrected chi connectivity index (χ4v) is 4.65. The van der Waals surface area contributed by atoms with Crippen molar-refractivity contribution in [3.05, 3.63) is 101 Å². The highest BCUT2D eigenvalue weighted by Crippen LogP contribution is 2.36. The molecule has 6 nitrogen and oxygen atoms in total. The van der Waals surface area contributed by atoms with Crippen LogP contribution in [0.25, 0.3) is 10.9 Å². The maximum absolute atomic E-state index is 13.5. The molecule has 2 aliphatic heterocycles. The van der Waals surface area contributed by atoms with Crippen LogP contribution in [0.15, 0.2) is 84.0 Å². The number of carbonyl (C=O) groups is 2. The third-order valence-corrected chi connectivity index (χ3v) is 6.16. The number of benzene rings is 3. The normalized spacial score (nSPS) is 17.1. The van der Waals surface area contributed by atoms with Crippen LogP contribution < -0.4 is 10.2 Å². The number of aromatic amines is 1. The fourth-order valence-electron chi connectivity index (χ4n) is 4.65. The average molecular weight is 420 g/mol. The highest BCUT2D eigenvalue weighted by atomic mass is 16.2. The van der Waals surface area contributed by atoms with E-state index in [1.165, 1.54) is 0 Å². The molecule has 0 fully saturated rings. The fraction of sp³-hybridized carbons (Fsp3) is 0.115. The van der Waals surface area contributed by atoms with Gasteiger partial charge in [0.05, 0.1) is 17.0 Å². The molecule has 3 heterocycles. The quantitative estimate of drug-likeness (QED) is 0.531. The molecule has 0 aliphatic carbocycles. The minimum Gasteiger partial charge on any atom is -0.360 e. The number of rotatable bonds is 3. The van der Waals surface area contributed by atoms with E-state index in [0.717, 1.165) is 39.7 Å². The van der Waals surface area contributed by atoms with Gasteiger partial charge in [0.2, 0.25) is 6.17 Å². The topological polar surface area (TPSA) is 77.6 Å². The van der Waals surface area contributed by atoms with Crippen molar-refractivity contribution in [2.75, 3.05) is 11.4 Å². The van der Waals surface area contributed by atoms with Crippen molar-refractivity contribution in [1.29, 1.82) is 0 Å². The van der Waals surface area contributed by atoms with Crippen LogP contribution in [-0.4, -0.2) is 35.2 Å². The summed E-state index contributed by atoms with van der Waals surface area (Å²) in [6.07, 6.45) is 1.45. The van der Waals surface area contributed by atoms with Gasteiger partial charge >= 0.3 is 0 Å². The molecule has 1 atom stereocenters. The van der Waals surface area contributed by atoms with Gasteiger partial charge in [-0.1, -0.05) is 66.7 Å². The molecule has 32 heavy (non-hydrogen) atoms. The molecular weight excluding hydrogens is 400 g/mol. The maximum atomic E-state index is 13.5. The molecule has 0 unspecified atom stereocenters. The summed E-state index contributed by atoms with van der Waals surface area (Å²) < 4.78 is 0. The number of H-pyrrole nitrogens is 1. The van der Waals surface area contributed by atoms with Gasteiger partial charge in [0, 0.05) is 34.8 Å². The third-order valence-electron chi connectivity index (χ3n) is 6.16. The number of para-hydroxylation sites is 2. The summed E-state index contributed by atoms with van der Waals surface area (Å²) in [5.41, 5.74) is 5.94. The van der Waals surface area contributed by atoms with E-state index in [1.807, 2.05) is 66.7 Å². The van der Waals surface area contributed by atoms with E-state index in [2.05, 4.69) is 16.4 Å². The van der Waals surface area contributed by atoms with Gasteiger partial charge in [-0.25, -0.2) is 4.99 Å². The first-order chi connectivity index (χ1) is 15.7. The number of carbonyl (C=O) groups excluding carboxylic acids is 2. The Kier molecular flexibility index (Phi) is 4.18. The summed E-state index contributed by atoms with van der Waals surface area (Å²) in [6.45, 7) is 0.586. The smallest absolute Gasteiger partial charge is 0.272 e. The number of fused-ring (bicyclic) bond motifs is 1. The number of nitrogens with zero attached hydrogens (tertiary/aromatic N) is 2. The van der Waals surface area contributed by atoms with Gasteiger partial charge in [0.1, 0.15) is 0 Å². The Morgan fingerprint density at radius 3 is 2.69 bits per heavy atom. The molecule has 0 radical (unpaired) electrons. The van der Waals surface area contributed by atoms with E-state index in [-0.39, 0.29) is 11.8 Å². The molecule has 6 rings (SSSR count). The first-order valence-corrected chi connectivity index (χ1v) is 10.6. The summed E-state index contributed by atoms with van der Waals surface area (Å²) in [5, 5.41) is 3.70. The van der Waals surface area contributed by atoms with Gasteiger partial charge in [-0.3, -0.25) is 9.59 Å². The van der Waals surface area contributed by atoms with Crippen molar-refractivity contribution < 1.29 is 9.59 Å². The Hall–Kier alpha value is -4.19. The summed E-state index contributed by atoms with van der Waals surface area (Å²) in [4.78, 5) is 36.4. The number of amides is 2. The first kappa shape index (κ1) is 18.6. The molecule has 156 valence electrons. The van der Waals surface area contributed by atoms with Crippen molar-refractivity contribution in [2.45, 2.75) is 12.6 Å². The molecule has 3 aromatic carbocycles. The van der Waals surface area contributed by atoms with Crippen LogP contribution in [0.1, 0.15) is 27.0 Å². The molecule has 0 spiro atoms. The van der Waals surface area contributed by atoms with Gasteiger partial charge in [0.25, 0.3) is 11.8 Å². The van der Waals surface area contributed by atoms with Crippen LogP contribution >= 0.6 is 0 Å². The molecule has 2 N–H and O–H groups in total. The Balaban J connectivity index is 1.45. The Morgan fingerprint density at radius 1 is 1.00 bits per heavy atom. The second-order valence-electron chi connectivity index (χ2n) is 8.02. The number of hydrogen-bond donors (Lipinski definition) is 2. The lowest BCUT2D eigenvalue weighted by Crippen LogP contribution is -2.46. The monoisotopic (exact) mass is 420 g/mol. The van der Waals surface area contributed by atoms with Gasteiger partial charge < -0.3 is 15.2 Å². The maximum Gasteiger partial charge on any atom is 0.272 e. The van der Waals surface area contributed by atoms with E-state index in [4.69, 9.17) is 4.99 Å². The minimum atomic E-state index is -1.01. The molecule has 2 aliphatic rings. The lowest BCUT2D eigenvalue weighted by molar-refractivity contribution is -0.120. The predicted molar refractivity (Wildman–Crippen MR) is 124 cm³/mol. The van der Waals surface area contributed by atoms with Crippen LogP contribution in [0.2, 0.25) is 0 Å². The van der Waals surface area contributed by atoms with Crippen LogP contribution in [-0.2, 0) is 11.2 Å². The summed E-state index contributed by atoms with van der Waals surface area (Å²) in [6, 6.07) is 23.5. The zero-order chi connectivity index (χ0) is 21.7. The summed E-state index contributed by atoms with van der Waals surface area (Å²) in [5.74, 6) is -0.544.